The van der Waals surface area contributed by atoms with Gasteiger partial charge in [-0.3, -0.25) is 14.4 Å². The van der Waals surface area contributed by atoms with Gasteiger partial charge >= 0.3 is 0 Å². The second-order valence-electron chi connectivity index (χ2n) is 7.80. The Hall–Kier alpha value is -3.29. The largest absolute Gasteiger partial charge is 0.347 e. The molecule has 0 aromatic heterocycles. The first kappa shape index (κ1) is 22.4. The van der Waals surface area contributed by atoms with E-state index in [0.717, 1.165) is 29.7 Å². The van der Waals surface area contributed by atoms with Crippen molar-refractivity contribution in [2.75, 3.05) is 19.4 Å². The zero-order valence-corrected chi connectivity index (χ0v) is 17.7. The molecule has 3 amide bonds. The summed E-state index contributed by atoms with van der Waals surface area (Å²) >= 11 is 0. The molecule has 1 N–H and O–H groups in total. The molecule has 1 atom stereocenters. The van der Waals surface area contributed by atoms with Crippen molar-refractivity contribution in [3.05, 3.63) is 64.7 Å². The van der Waals surface area contributed by atoms with Gasteiger partial charge in [0.15, 0.2) is 11.6 Å². The highest BCUT2D eigenvalue weighted by molar-refractivity contribution is 5.98. The smallest absolute Gasteiger partial charge is 0.254 e. The summed E-state index contributed by atoms with van der Waals surface area (Å²) in [4.78, 5) is 40.7. The van der Waals surface area contributed by atoms with Crippen LogP contribution in [0.5, 0.6) is 0 Å². The SMILES string of the molecule is CCCC(=O)Nc1ccc2c(c1)CN(C(=O)c1ccc(F)c(F)c1)C(C(=O)N(C)C)C2. The lowest BCUT2D eigenvalue weighted by atomic mass is 9.92. The van der Waals surface area contributed by atoms with Gasteiger partial charge in [-0.25, -0.2) is 8.78 Å². The number of likely N-dealkylation sites (N-methyl/N-ethyl adjacent to an activating group) is 1. The number of carbonyl (C=O) groups excluding carboxylic acids is 3. The molecule has 0 saturated carbocycles. The van der Waals surface area contributed by atoms with E-state index in [-0.39, 0.29) is 30.3 Å². The molecule has 8 heteroatoms. The average Bonchev–Trinajstić information content (AvgIpc) is 2.73. The number of nitrogens with one attached hydrogen (secondary N) is 1. The Morgan fingerprint density at radius 1 is 1.06 bits per heavy atom. The average molecular weight is 429 g/mol. The van der Waals surface area contributed by atoms with Crippen molar-refractivity contribution in [3.8, 4) is 0 Å². The molecule has 1 aliphatic heterocycles. The van der Waals surface area contributed by atoms with Gasteiger partial charge in [-0.15, -0.1) is 0 Å². The highest BCUT2D eigenvalue weighted by atomic mass is 19.2. The first-order valence-electron chi connectivity index (χ1n) is 10.1. The fourth-order valence-electron chi connectivity index (χ4n) is 3.64. The molecule has 0 spiro atoms. The van der Waals surface area contributed by atoms with Crippen LogP contribution in [-0.4, -0.2) is 47.7 Å². The molecule has 0 bridgehead atoms. The Morgan fingerprint density at radius 3 is 2.45 bits per heavy atom. The normalized spacial score (nSPS) is 15.3. The van der Waals surface area contributed by atoms with E-state index in [4.69, 9.17) is 0 Å². The van der Waals surface area contributed by atoms with Crippen LogP contribution in [0.3, 0.4) is 0 Å². The van der Waals surface area contributed by atoms with Gasteiger partial charge in [0.25, 0.3) is 5.91 Å². The third-order valence-electron chi connectivity index (χ3n) is 5.25. The molecule has 1 unspecified atom stereocenters. The summed E-state index contributed by atoms with van der Waals surface area (Å²) < 4.78 is 27.0. The van der Waals surface area contributed by atoms with Crippen molar-refractivity contribution >= 4 is 23.4 Å². The topological polar surface area (TPSA) is 69.7 Å². The van der Waals surface area contributed by atoms with E-state index in [2.05, 4.69) is 5.32 Å². The maximum atomic E-state index is 13.7. The van der Waals surface area contributed by atoms with Crippen LogP contribution in [0.25, 0.3) is 0 Å². The highest BCUT2D eigenvalue weighted by Gasteiger charge is 2.36. The zero-order chi connectivity index (χ0) is 22.7. The molecule has 1 aliphatic rings. The lowest BCUT2D eigenvalue weighted by Gasteiger charge is -2.37. The first-order chi connectivity index (χ1) is 14.7. The fraction of sp³-hybridized carbons (Fsp3) is 0.348. The summed E-state index contributed by atoms with van der Waals surface area (Å²) in [6.45, 7) is 2.02. The Bertz CT molecular complexity index is 1020. The summed E-state index contributed by atoms with van der Waals surface area (Å²) in [5, 5.41) is 2.83. The maximum Gasteiger partial charge on any atom is 0.254 e. The van der Waals surface area contributed by atoms with Gasteiger partial charge in [-0.2, -0.15) is 0 Å². The van der Waals surface area contributed by atoms with E-state index in [0.29, 0.717) is 12.1 Å². The van der Waals surface area contributed by atoms with Crippen molar-refractivity contribution in [2.24, 2.45) is 0 Å². The Morgan fingerprint density at radius 2 is 1.81 bits per heavy atom. The van der Waals surface area contributed by atoms with Crippen LogP contribution in [0.2, 0.25) is 0 Å². The van der Waals surface area contributed by atoms with Crippen molar-refractivity contribution in [1.29, 1.82) is 0 Å². The molecular formula is C23H25F2N3O3. The van der Waals surface area contributed by atoms with Crippen LogP contribution in [0.15, 0.2) is 36.4 Å². The van der Waals surface area contributed by atoms with Gasteiger partial charge in [0, 0.05) is 44.7 Å². The van der Waals surface area contributed by atoms with E-state index < -0.39 is 23.6 Å². The Labute approximate surface area is 179 Å². The molecule has 3 rings (SSSR count). The van der Waals surface area contributed by atoms with E-state index in [1.807, 2.05) is 13.0 Å². The number of halogens is 2. The van der Waals surface area contributed by atoms with Gasteiger partial charge in [0.2, 0.25) is 11.8 Å². The second kappa shape index (κ2) is 9.24. The molecular weight excluding hydrogens is 404 g/mol. The van der Waals surface area contributed by atoms with E-state index >= 15 is 0 Å². The van der Waals surface area contributed by atoms with Gasteiger partial charge in [-0.1, -0.05) is 13.0 Å². The lowest BCUT2D eigenvalue weighted by Crippen LogP contribution is -2.52. The van der Waals surface area contributed by atoms with E-state index in [9.17, 15) is 23.2 Å². The van der Waals surface area contributed by atoms with E-state index in [1.165, 1.54) is 15.9 Å². The van der Waals surface area contributed by atoms with Gasteiger partial charge in [0.1, 0.15) is 6.04 Å². The minimum atomic E-state index is -1.13. The fourth-order valence-corrected chi connectivity index (χ4v) is 3.64. The molecule has 2 aromatic carbocycles. The molecule has 1 heterocycles. The maximum absolute atomic E-state index is 13.7. The number of benzene rings is 2. The standard InChI is InChI=1S/C23H25F2N3O3/c1-4-5-21(29)26-17-8-6-14-12-20(23(31)27(2)3)28(13-16(14)10-17)22(30)15-7-9-18(24)19(25)11-15/h6-11,20H,4-5,12-13H2,1-3H3,(H,26,29). The quantitative estimate of drug-likeness (QED) is 0.793. The monoisotopic (exact) mass is 429 g/mol. The molecule has 164 valence electrons. The van der Waals surface area contributed by atoms with Crippen molar-refractivity contribution < 1.29 is 23.2 Å². The highest BCUT2D eigenvalue weighted by Crippen LogP contribution is 2.28. The second-order valence-corrected chi connectivity index (χ2v) is 7.80. The number of hydrogen-bond donors (Lipinski definition) is 1. The summed E-state index contributed by atoms with van der Waals surface area (Å²) in [6.07, 6.45) is 1.41. The number of anilines is 1. The Balaban J connectivity index is 1.95. The molecule has 6 nitrogen and oxygen atoms in total. The lowest BCUT2D eigenvalue weighted by molar-refractivity contribution is -0.134. The molecule has 2 aromatic rings. The van der Waals surface area contributed by atoms with Crippen LogP contribution in [0.4, 0.5) is 14.5 Å². The van der Waals surface area contributed by atoms with Crippen LogP contribution >= 0.6 is 0 Å². The molecule has 0 radical (unpaired) electrons. The number of rotatable bonds is 5. The third-order valence-corrected chi connectivity index (χ3v) is 5.25. The summed E-state index contributed by atoms with van der Waals surface area (Å²) in [6, 6.07) is 7.56. The molecule has 0 saturated heterocycles. The number of carbonyl (C=O) groups is 3. The van der Waals surface area contributed by atoms with Gasteiger partial charge < -0.3 is 15.1 Å². The third kappa shape index (κ3) is 4.90. The minimum Gasteiger partial charge on any atom is -0.347 e. The van der Waals surface area contributed by atoms with Crippen LogP contribution < -0.4 is 5.32 Å². The van der Waals surface area contributed by atoms with Crippen LogP contribution in [-0.2, 0) is 22.6 Å². The Kier molecular flexibility index (Phi) is 6.68. The van der Waals surface area contributed by atoms with Crippen LogP contribution in [0, 0.1) is 11.6 Å². The van der Waals surface area contributed by atoms with Crippen molar-refractivity contribution in [1.82, 2.24) is 9.80 Å². The summed E-state index contributed by atoms with van der Waals surface area (Å²) in [5.74, 6) is -3.10. The molecule has 0 aliphatic carbocycles. The van der Waals surface area contributed by atoms with Crippen molar-refractivity contribution in [2.45, 2.75) is 38.8 Å². The summed E-state index contributed by atoms with van der Waals surface area (Å²) in [7, 11) is 3.20. The number of fused-ring (bicyclic) bond motifs is 1. The molecule has 0 fully saturated rings. The minimum absolute atomic E-state index is 0.0358. The van der Waals surface area contributed by atoms with Gasteiger partial charge in [-0.05, 0) is 47.9 Å². The predicted octanol–water partition coefficient (Wildman–Crippen LogP) is 3.36. The number of nitrogens with zero attached hydrogens (tertiary/aromatic N) is 2. The van der Waals surface area contributed by atoms with Gasteiger partial charge in [0.05, 0.1) is 0 Å². The molecule has 31 heavy (non-hydrogen) atoms. The van der Waals surface area contributed by atoms with E-state index in [1.54, 1.807) is 26.2 Å². The van der Waals surface area contributed by atoms with Crippen molar-refractivity contribution in [3.63, 3.8) is 0 Å². The van der Waals surface area contributed by atoms with Crippen LogP contribution in [0.1, 0.15) is 41.3 Å². The predicted molar refractivity (Wildman–Crippen MR) is 112 cm³/mol. The zero-order valence-electron chi connectivity index (χ0n) is 17.7. The number of amides is 3. The summed E-state index contributed by atoms with van der Waals surface area (Å²) in [5.41, 5.74) is 2.25. The number of hydrogen-bond acceptors (Lipinski definition) is 3. The first-order valence-corrected chi connectivity index (χ1v) is 10.1.